The molecular weight excluding hydrogens is 210 g/mol. The second-order valence-corrected chi connectivity index (χ2v) is 5.39. The van der Waals surface area contributed by atoms with Crippen LogP contribution in [0, 0.1) is 13.8 Å². The van der Waals surface area contributed by atoms with Crippen molar-refractivity contribution in [2.45, 2.75) is 45.7 Å². The maximum absolute atomic E-state index is 9.43. The number of piperidine rings is 1. The topological polar surface area (TPSA) is 24.7 Å². The molecule has 1 aliphatic heterocycles. The lowest BCUT2D eigenvalue weighted by atomic mass is 10.00. The van der Waals surface area contributed by atoms with Gasteiger partial charge in [0.2, 0.25) is 0 Å². The molecule has 0 spiro atoms. The number of hydrogen-bond acceptors (Lipinski definition) is 1. The van der Waals surface area contributed by atoms with Crippen molar-refractivity contribution in [1.82, 2.24) is 0 Å². The molecule has 17 heavy (non-hydrogen) atoms. The maximum atomic E-state index is 9.43. The first-order valence-electron chi connectivity index (χ1n) is 6.72. The SMILES string of the molecule is Cc1ccc(C[NH+]2CCCC[C@@H]2CO)c(C)c1. The number of aliphatic hydroxyl groups is 1. The van der Waals surface area contributed by atoms with Crippen LogP contribution in [0.3, 0.4) is 0 Å². The van der Waals surface area contributed by atoms with Crippen molar-refractivity contribution in [3.63, 3.8) is 0 Å². The Morgan fingerprint density at radius 2 is 2.12 bits per heavy atom. The summed E-state index contributed by atoms with van der Waals surface area (Å²) >= 11 is 0. The van der Waals surface area contributed by atoms with Gasteiger partial charge >= 0.3 is 0 Å². The molecule has 0 bridgehead atoms. The lowest BCUT2D eigenvalue weighted by Crippen LogP contribution is -3.16. The van der Waals surface area contributed by atoms with Crippen LogP contribution in [0.25, 0.3) is 0 Å². The molecule has 0 radical (unpaired) electrons. The van der Waals surface area contributed by atoms with Crippen LogP contribution in [0.5, 0.6) is 0 Å². The van der Waals surface area contributed by atoms with Crippen LogP contribution in [0.4, 0.5) is 0 Å². The van der Waals surface area contributed by atoms with Crippen molar-refractivity contribution < 1.29 is 10.0 Å². The molecule has 1 saturated heterocycles. The molecule has 1 fully saturated rings. The number of hydrogen-bond donors (Lipinski definition) is 2. The van der Waals surface area contributed by atoms with Gasteiger partial charge in [0.15, 0.2) is 0 Å². The molecule has 1 heterocycles. The Morgan fingerprint density at radius 3 is 2.82 bits per heavy atom. The molecule has 1 aromatic rings. The fourth-order valence-electron chi connectivity index (χ4n) is 2.89. The molecule has 0 amide bonds. The van der Waals surface area contributed by atoms with Crippen molar-refractivity contribution in [3.8, 4) is 0 Å². The van der Waals surface area contributed by atoms with E-state index in [4.69, 9.17) is 0 Å². The third-order valence-corrected chi connectivity index (χ3v) is 4.01. The van der Waals surface area contributed by atoms with Crippen molar-refractivity contribution in [2.24, 2.45) is 0 Å². The molecule has 1 aromatic carbocycles. The van der Waals surface area contributed by atoms with Gasteiger partial charge in [-0.15, -0.1) is 0 Å². The summed E-state index contributed by atoms with van der Waals surface area (Å²) in [6.07, 6.45) is 3.76. The van der Waals surface area contributed by atoms with Crippen LogP contribution in [-0.2, 0) is 6.54 Å². The number of rotatable bonds is 3. The van der Waals surface area contributed by atoms with Gasteiger partial charge in [0.25, 0.3) is 0 Å². The molecule has 2 heteroatoms. The normalized spacial score (nSPS) is 24.9. The molecule has 2 nitrogen and oxygen atoms in total. The maximum Gasteiger partial charge on any atom is 0.111 e. The van der Waals surface area contributed by atoms with E-state index in [0.717, 1.165) is 6.54 Å². The number of aliphatic hydroxyl groups excluding tert-OH is 1. The standard InChI is InChI=1S/C15H23NO/c1-12-6-7-14(13(2)9-12)10-16-8-4-3-5-15(16)11-17/h6-7,9,15,17H,3-5,8,10-11H2,1-2H3/p+1/t15-/m1/s1. The monoisotopic (exact) mass is 234 g/mol. The highest BCUT2D eigenvalue weighted by Crippen LogP contribution is 2.10. The number of likely N-dealkylation sites (tertiary alicyclic amines) is 1. The summed E-state index contributed by atoms with van der Waals surface area (Å²) in [5.41, 5.74) is 4.16. The first-order chi connectivity index (χ1) is 8.20. The van der Waals surface area contributed by atoms with Crippen molar-refractivity contribution in [1.29, 1.82) is 0 Å². The quantitative estimate of drug-likeness (QED) is 0.808. The van der Waals surface area contributed by atoms with E-state index in [2.05, 4.69) is 32.0 Å². The van der Waals surface area contributed by atoms with Gasteiger partial charge in [0.05, 0.1) is 13.2 Å². The fraction of sp³-hybridized carbons (Fsp3) is 0.600. The number of aryl methyl sites for hydroxylation is 2. The van der Waals surface area contributed by atoms with E-state index in [-0.39, 0.29) is 0 Å². The van der Waals surface area contributed by atoms with Crippen LogP contribution >= 0.6 is 0 Å². The minimum absolute atomic E-state index is 0.334. The minimum atomic E-state index is 0.334. The number of quaternary nitrogens is 1. The predicted octanol–water partition coefficient (Wildman–Crippen LogP) is 1.23. The minimum Gasteiger partial charge on any atom is -0.390 e. The second kappa shape index (κ2) is 5.65. The average Bonchev–Trinajstić information content (AvgIpc) is 2.33. The van der Waals surface area contributed by atoms with E-state index < -0.39 is 0 Å². The van der Waals surface area contributed by atoms with Gasteiger partial charge in [-0.1, -0.05) is 23.8 Å². The molecule has 94 valence electrons. The average molecular weight is 234 g/mol. The summed E-state index contributed by atoms with van der Waals surface area (Å²) in [4.78, 5) is 1.56. The highest BCUT2D eigenvalue weighted by molar-refractivity contribution is 5.29. The lowest BCUT2D eigenvalue weighted by molar-refractivity contribution is -0.944. The summed E-state index contributed by atoms with van der Waals surface area (Å²) in [7, 11) is 0. The van der Waals surface area contributed by atoms with Crippen LogP contribution in [-0.4, -0.2) is 24.3 Å². The van der Waals surface area contributed by atoms with Crippen molar-refractivity contribution in [2.75, 3.05) is 13.2 Å². The summed E-state index contributed by atoms with van der Waals surface area (Å²) in [6, 6.07) is 7.15. The second-order valence-electron chi connectivity index (χ2n) is 5.39. The highest BCUT2D eigenvalue weighted by atomic mass is 16.3. The van der Waals surface area contributed by atoms with Crippen LogP contribution < -0.4 is 4.90 Å². The molecule has 1 unspecified atom stereocenters. The zero-order chi connectivity index (χ0) is 12.3. The third-order valence-electron chi connectivity index (χ3n) is 4.01. The first kappa shape index (κ1) is 12.6. The van der Waals surface area contributed by atoms with E-state index >= 15 is 0 Å². The van der Waals surface area contributed by atoms with Gasteiger partial charge in [0, 0.05) is 12.0 Å². The van der Waals surface area contributed by atoms with E-state index in [1.807, 2.05) is 0 Å². The number of nitrogens with one attached hydrogen (secondary N) is 1. The van der Waals surface area contributed by atoms with Crippen LogP contribution in [0.2, 0.25) is 0 Å². The van der Waals surface area contributed by atoms with Crippen LogP contribution in [0.1, 0.15) is 36.0 Å². The zero-order valence-corrected chi connectivity index (χ0v) is 11.0. The highest BCUT2D eigenvalue weighted by Gasteiger charge is 2.25. The molecule has 2 N–H and O–H groups in total. The molecular formula is C15H24NO+. The Labute approximate surface area is 104 Å². The molecule has 0 aliphatic carbocycles. The smallest absolute Gasteiger partial charge is 0.111 e. The van der Waals surface area contributed by atoms with E-state index in [0.29, 0.717) is 12.6 Å². The Hall–Kier alpha value is -0.860. The predicted molar refractivity (Wildman–Crippen MR) is 70.2 cm³/mol. The molecule has 0 saturated carbocycles. The summed E-state index contributed by atoms with van der Waals surface area (Å²) in [5, 5.41) is 9.43. The van der Waals surface area contributed by atoms with E-state index in [1.165, 1.54) is 42.5 Å². The third kappa shape index (κ3) is 3.08. The Morgan fingerprint density at radius 1 is 1.29 bits per heavy atom. The molecule has 1 aliphatic rings. The van der Waals surface area contributed by atoms with Gasteiger partial charge in [-0.2, -0.15) is 0 Å². The summed E-state index contributed by atoms with van der Waals surface area (Å²) in [6.45, 7) is 6.94. The van der Waals surface area contributed by atoms with Gasteiger partial charge in [0.1, 0.15) is 12.6 Å². The van der Waals surface area contributed by atoms with Gasteiger partial charge in [-0.3, -0.25) is 0 Å². The van der Waals surface area contributed by atoms with Crippen molar-refractivity contribution >= 4 is 0 Å². The zero-order valence-electron chi connectivity index (χ0n) is 11.0. The lowest BCUT2D eigenvalue weighted by Gasteiger charge is -2.31. The van der Waals surface area contributed by atoms with Crippen LogP contribution in [0.15, 0.2) is 18.2 Å². The summed E-state index contributed by atoms with van der Waals surface area (Å²) in [5.74, 6) is 0. The van der Waals surface area contributed by atoms with Crippen molar-refractivity contribution in [3.05, 3.63) is 34.9 Å². The summed E-state index contributed by atoms with van der Waals surface area (Å²) < 4.78 is 0. The van der Waals surface area contributed by atoms with E-state index in [1.54, 1.807) is 4.90 Å². The first-order valence-corrected chi connectivity index (χ1v) is 6.72. The number of benzene rings is 1. The van der Waals surface area contributed by atoms with Gasteiger partial charge in [-0.05, 0) is 32.3 Å². The molecule has 2 atom stereocenters. The largest absolute Gasteiger partial charge is 0.390 e. The molecule has 2 rings (SSSR count). The van der Waals surface area contributed by atoms with Gasteiger partial charge < -0.3 is 10.0 Å². The Kier molecular flexibility index (Phi) is 4.19. The Balaban J connectivity index is 2.08. The fourth-order valence-corrected chi connectivity index (χ4v) is 2.89. The molecule has 0 aromatic heterocycles. The van der Waals surface area contributed by atoms with Gasteiger partial charge in [-0.25, -0.2) is 0 Å². The Bertz CT molecular complexity index is 375. The van der Waals surface area contributed by atoms with E-state index in [9.17, 15) is 5.11 Å².